The number of aryl methyl sites for hydroxylation is 2. The zero-order valence-electron chi connectivity index (χ0n) is 13.3. The van der Waals surface area contributed by atoms with Gasteiger partial charge >= 0.3 is 0 Å². The Kier molecular flexibility index (Phi) is 4.40. The van der Waals surface area contributed by atoms with E-state index in [1.165, 1.54) is 0 Å². The van der Waals surface area contributed by atoms with Crippen LogP contribution in [-0.4, -0.2) is 15.5 Å². The lowest BCUT2D eigenvalue weighted by atomic mass is 10.0. The van der Waals surface area contributed by atoms with Crippen molar-refractivity contribution < 1.29 is 9.53 Å². The van der Waals surface area contributed by atoms with Gasteiger partial charge in [-0.15, -0.1) is 0 Å². The third kappa shape index (κ3) is 3.19. The molecule has 5 nitrogen and oxygen atoms in total. The molecule has 0 radical (unpaired) electrons. The van der Waals surface area contributed by atoms with Crippen molar-refractivity contribution in [3.05, 3.63) is 64.5 Å². The van der Waals surface area contributed by atoms with E-state index in [1.54, 1.807) is 12.3 Å². The lowest BCUT2D eigenvalue weighted by Gasteiger charge is -2.07. The molecule has 0 fully saturated rings. The summed E-state index contributed by atoms with van der Waals surface area (Å²) in [7, 11) is 1.85. The third-order valence-corrected chi connectivity index (χ3v) is 4.56. The fourth-order valence-corrected chi connectivity index (χ4v) is 2.99. The summed E-state index contributed by atoms with van der Waals surface area (Å²) in [6.07, 6.45) is 1.71. The highest BCUT2D eigenvalue weighted by Crippen LogP contribution is 2.34. The Labute approximate surface area is 148 Å². The molecule has 0 bridgehead atoms. The quantitative estimate of drug-likeness (QED) is 0.736. The standard InChI is InChI=1S/C18H16BrN3O2/c1-11-4-3-5-15(21-11)24-13-8-6-12(7-9-13)16-14(18(20)23)10-22(2)17(16)19/h3-10H,1-2H3,(H2,20,23). The van der Waals surface area contributed by atoms with Crippen LogP contribution in [0.15, 0.2) is 53.3 Å². The molecule has 3 aromatic rings. The smallest absolute Gasteiger partial charge is 0.250 e. The molecule has 0 saturated heterocycles. The van der Waals surface area contributed by atoms with E-state index in [2.05, 4.69) is 20.9 Å². The van der Waals surface area contributed by atoms with Crippen molar-refractivity contribution in [1.29, 1.82) is 0 Å². The molecule has 0 spiro atoms. The fourth-order valence-electron chi connectivity index (χ4n) is 2.45. The van der Waals surface area contributed by atoms with Gasteiger partial charge in [-0.25, -0.2) is 4.98 Å². The number of amides is 1. The van der Waals surface area contributed by atoms with Gasteiger partial charge in [0.1, 0.15) is 5.75 Å². The van der Waals surface area contributed by atoms with E-state index in [4.69, 9.17) is 10.5 Å². The van der Waals surface area contributed by atoms with Crippen molar-refractivity contribution in [2.75, 3.05) is 0 Å². The number of ether oxygens (including phenoxy) is 1. The maximum atomic E-state index is 11.7. The average Bonchev–Trinajstić information content (AvgIpc) is 2.84. The summed E-state index contributed by atoms with van der Waals surface area (Å²) in [6.45, 7) is 1.91. The SMILES string of the molecule is Cc1cccc(Oc2ccc(-c3c(C(N)=O)cn(C)c3Br)cc2)n1. The molecule has 24 heavy (non-hydrogen) atoms. The summed E-state index contributed by atoms with van der Waals surface area (Å²) < 4.78 is 8.36. The monoisotopic (exact) mass is 385 g/mol. The third-order valence-electron chi connectivity index (χ3n) is 3.60. The molecule has 0 saturated carbocycles. The number of primary amides is 1. The first kappa shape index (κ1) is 16.3. The van der Waals surface area contributed by atoms with Crippen LogP contribution in [-0.2, 0) is 7.05 Å². The van der Waals surface area contributed by atoms with Gasteiger partial charge in [0.15, 0.2) is 0 Å². The minimum atomic E-state index is -0.462. The van der Waals surface area contributed by atoms with Gasteiger partial charge in [-0.1, -0.05) is 18.2 Å². The van der Waals surface area contributed by atoms with Crippen LogP contribution in [0.25, 0.3) is 11.1 Å². The maximum absolute atomic E-state index is 11.7. The van der Waals surface area contributed by atoms with Crippen LogP contribution in [0.4, 0.5) is 0 Å². The molecule has 0 atom stereocenters. The van der Waals surface area contributed by atoms with Crippen molar-refractivity contribution >= 4 is 21.8 Å². The zero-order chi connectivity index (χ0) is 17.3. The molecular formula is C18H16BrN3O2. The predicted molar refractivity (Wildman–Crippen MR) is 96.1 cm³/mol. The number of halogens is 1. The van der Waals surface area contributed by atoms with Crippen LogP contribution in [0.5, 0.6) is 11.6 Å². The highest BCUT2D eigenvalue weighted by atomic mass is 79.9. The van der Waals surface area contributed by atoms with Crippen LogP contribution >= 0.6 is 15.9 Å². The predicted octanol–water partition coefficient (Wildman–Crippen LogP) is 4.05. The van der Waals surface area contributed by atoms with Gasteiger partial charge < -0.3 is 15.0 Å². The molecule has 0 aliphatic heterocycles. The second-order valence-corrected chi connectivity index (χ2v) is 6.18. The van der Waals surface area contributed by atoms with Gasteiger partial charge in [-0.05, 0) is 46.6 Å². The number of nitrogens with two attached hydrogens (primary N) is 1. The van der Waals surface area contributed by atoms with Crippen molar-refractivity contribution in [3.63, 3.8) is 0 Å². The van der Waals surface area contributed by atoms with Crippen LogP contribution in [0.3, 0.4) is 0 Å². The molecule has 2 N–H and O–H groups in total. The van der Waals surface area contributed by atoms with E-state index in [-0.39, 0.29) is 0 Å². The molecule has 0 unspecified atom stereocenters. The summed E-state index contributed by atoms with van der Waals surface area (Å²) in [6, 6.07) is 13.1. The van der Waals surface area contributed by atoms with Crippen LogP contribution in [0, 0.1) is 6.92 Å². The van der Waals surface area contributed by atoms with Gasteiger partial charge in [-0.3, -0.25) is 4.79 Å². The molecule has 2 heterocycles. The second kappa shape index (κ2) is 6.49. The average molecular weight is 386 g/mol. The lowest BCUT2D eigenvalue weighted by Crippen LogP contribution is -2.11. The zero-order valence-corrected chi connectivity index (χ0v) is 14.9. The van der Waals surface area contributed by atoms with Gasteiger partial charge in [0, 0.05) is 30.6 Å². The Bertz CT molecular complexity index is 901. The Balaban J connectivity index is 1.92. The Hall–Kier alpha value is -2.60. The molecule has 1 amide bonds. The summed E-state index contributed by atoms with van der Waals surface area (Å²) in [4.78, 5) is 16.0. The number of pyridine rings is 1. The molecule has 0 aliphatic rings. The van der Waals surface area contributed by atoms with E-state index in [1.807, 2.05) is 54.9 Å². The minimum Gasteiger partial charge on any atom is -0.439 e. The molecule has 6 heteroatoms. The number of hydrogen-bond donors (Lipinski definition) is 1. The second-order valence-electron chi connectivity index (χ2n) is 5.43. The van der Waals surface area contributed by atoms with Crippen LogP contribution < -0.4 is 10.5 Å². The lowest BCUT2D eigenvalue weighted by molar-refractivity contribution is 0.100. The van der Waals surface area contributed by atoms with Crippen molar-refractivity contribution in [1.82, 2.24) is 9.55 Å². The van der Waals surface area contributed by atoms with E-state index in [0.29, 0.717) is 17.2 Å². The first-order valence-electron chi connectivity index (χ1n) is 7.32. The summed E-state index contributed by atoms with van der Waals surface area (Å²) in [5.41, 5.74) is 8.48. The highest BCUT2D eigenvalue weighted by Gasteiger charge is 2.17. The first-order chi connectivity index (χ1) is 11.5. The number of nitrogens with zero attached hydrogens (tertiary/aromatic N) is 2. The van der Waals surface area contributed by atoms with Gasteiger partial charge in [0.2, 0.25) is 5.88 Å². The first-order valence-corrected chi connectivity index (χ1v) is 8.11. The van der Waals surface area contributed by atoms with Crippen LogP contribution in [0.1, 0.15) is 16.1 Å². The molecule has 122 valence electrons. The van der Waals surface area contributed by atoms with Crippen molar-refractivity contribution in [2.45, 2.75) is 6.92 Å². The number of hydrogen-bond acceptors (Lipinski definition) is 3. The van der Waals surface area contributed by atoms with Gasteiger partial charge in [0.25, 0.3) is 5.91 Å². The highest BCUT2D eigenvalue weighted by molar-refractivity contribution is 9.10. The van der Waals surface area contributed by atoms with E-state index in [9.17, 15) is 4.79 Å². The van der Waals surface area contributed by atoms with Gasteiger partial charge in [-0.2, -0.15) is 0 Å². The normalized spacial score (nSPS) is 10.6. The Morgan fingerprint density at radius 2 is 1.92 bits per heavy atom. The van der Waals surface area contributed by atoms with Crippen molar-refractivity contribution in [2.24, 2.45) is 12.8 Å². The maximum Gasteiger partial charge on any atom is 0.250 e. The Morgan fingerprint density at radius 1 is 1.21 bits per heavy atom. The molecular weight excluding hydrogens is 370 g/mol. The number of carbonyl (C=O) groups is 1. The number of carbonyl (C=O) groups excluding carboxylic acids is 1. The summed E-state index contributed by atoms with van der Waals surface area (Å²) >= 11 is 3.50. The number of benzene rings is 1. The minimum absolute atomic E-state index is 0.462. The van der Waals surface area contributed by atoms with Crippen molar-refractivity contribution in [3.8, 4) is 22.8 Å². The molecule has 0 aliphatic carbocycles. The number of aromatic nitrogens is 2. The van der Waals surface area contributed by atoms with Crippen LogP contribution in [0.2, 0.25) is 0 Å². The molecule has 3 rings (SSSR count). The molecule has 2 aromatic heterocycles. The summed E-state index contributed by atoms with van der Waals surface area (Å²) in [5.74, 6) is 0.751. The topological polar surface area (TPSA) is 70.1 Å². The Morgan fingerprint density at radius 3 is 2.54 bits per heavy atom. The van der Waals surface area contributed by atoms with E-state index in [0.717, 1.165) is 21.4 Å². The van der Waals surface area contributed by atoms with E-state index >= 15 is 0 Å². The number of rotatable bonds is 4. The van der Waals surface area contributed by atoms with Gasteiger partial charge in [0.05, 0.1) is 10.2 Å². The fraction of sp³-hybridized carbons (Fsp3) is 0.111. The largest absolute Gasteiger partial charge is 0.439 e. The molecule has 1 aromatic carbocycles. The summed E-state index contributed by atoms with van der Waals surface area (Å²) in [5, 5.41) is 0. The van der Waals surface area contributed by atoms with E-state index < -0.39 is 5.91 Å².